The molecule has 8 rings (SSSR count). The number of hydrogen-bond acceptors (Lipinski definition) is 32. The van der Waals surface area contributed by atoms with Crippen molar-refractivity contribution in [3.63, 3.8) is 0 Å². The number of nitrogens with zero attached hydrogens (tertiary/aromatic N) is 6. The van der Waals surface area contributed by atoms with Crippen LogP contribution in [0.5, 0.6) is 0 Å². The van der Waals surface area contributed by atoms with Crippen molar-refractivity contribution in [3.05, 3.63) is 164 Å². The molecule has 108 heavy (non-hydrogen) atoms. The summed E-state index contributed by atoms with van der Waals surface area (Å²) in [5.41, 5.74) is 22.8. The largest absolute Gasteiger partial charge is 0.467 e. The number of amides is 2. The molecule has 2 amide bonds. The summed E-state index contributed by atoms with van der Waals surface area (Å²) >= 11 is 0. The van der Waals surface area contributed by atoms with E-state index in [4.69, 9.17) is 105 Å². The molecule has 38 heteroatoms. The predicted molar refractivity (Wildman–Crippen MR) is 360 cm³/mol. The molecule has 0 aromatic heterocycles. The Morgan fingerprint density at radius 2 is 0.713 bits per heavy atom. The Balaban J connectivity index is 0.970. The lowest BCUT2D eigenvalue weighted by atomic mass is 9.96. The standard InChI is InChI=1S/C70H86N8O30/c1-39(79)91-35-47-53(55(93-31-43-21-13-9-14-22-43)51(75-77-71)67(101-47)107-105-59-57(95-33-45-25-17-11-18-26-45)63(99-41(3)81)69(89-7)103-61(59)65(85)87-5)97-37-49(83)73-29-30-74-50(84)38-98-54-48(36-92-40(2)80)102-68(52(76-78-72)56(54)94-32-44-23-15-10-16-24-44)108-106-60-58(96-34-46-27-19-12-20-28-46)64(100-42(4)82)70(90-8)104-62(60)66(86)88-6/h9-28,47-48,51-64,67-70H,29-38H2,1-8H3,(H,73,83)(H,74,84)/t47-,48-,51-,52-,53-,54-,55-,56-,57+,58+,59+,60+,61-,62-,63-,64-,67-,68-,69-,70-/m1/s1. The van der Waals surface area contributed by atoms with Gasteiger partial charge in [0.25, 0.3) is 0 Å². The fraction of sp³-hybridized carbons (Fsp3) is 0.543. The molecular weight excluding hydrogens is 1430 g/mol. The van der Waals surface area contributed by atoms with Crippen LogP contribution in [0.4, 0.5) is 0 Å². The van der Waals surface area contributed by atoms with Crippen LogP contribution in [0.15, 0.2) is 132 Å². The van der Waals surface area contributed by atoms with Crippen molar-refractivity contribution in [3.8, 4) is 0 Å². The van der Waals surface area contributed by atoms with Crippen molar-refractivity contribution in [2.24, 2.45) is 10.2 Å². The molecule has 4 aliphatic rings. The van der Waals surface area contributed by atoms with E-state index in [0.717, 1.165) is 41.9 Å². The van der Waals surface area contributed by atoms with E-state index in [1.165, 1.54) is 14.2 Å². The Labute approximate surface area is 618 Å². The van der Waals surface area contributed by atoms with Crippen LogP contribution >= 0.6 is 0 Å². The van der Waals surface area contributed by atoms with Crippen LogP contribution in [0.3, 0.4) is 0 Å². The van der Waals surface area contributed by atoms with Crippen LogP contribution < -0.4 is 10.6 Å². The first kappa shape index (κ1) is 84.2. The quantitative estimate of drug-likeness (QED) is 0.00936. The molecule has 0 spiro atoms. The highest BCUT2D eigenvalue weighted by atomic mass is 17.2. The van der Waals surface area contributed by atoms with Crippen molar-refractivity contribution < 1.29 is 143 Å². The number of hydrogen-bond donors (Lipinski definition) is 2. The number of esters is 6. The molecule has 0 unspecified atom stereocenters. The van der Waals surface area contributed by atoms with Gasteiger partial charge in [-0.15, -0.1) is 0 Å². The molecule has 4 aromatic rings. The third-order valence-corrected chi connectivity index (χ3v) is 16.7. The molecule has 4 heterocycles. The number of azide groups is 2. The Morgan fingerprint density at radius 1 is 0.389 bits per heavy atom. The number of ether oxygens (including phenoxy) is 18. The second kappa shape index (κ2) is 43.6. The molecule has 0 bridgehead atoms. The number of carbonyl (C=O) groups excluding carboxylic acids is 8. The van der Waals surface area contributed by atoms with Gasteiger partial charge in [-0.3, -0.25) is 28.8 Å². The summed E-state index contributed by atoms with van der Waals surface area (Å²) in [6.07, 6.45) is -27.5. The lowest BCUT2D eigenvalue weighted by Gasteiger charge is -2.45. The lowest BCUT2D eigenvalue weighted by molar-refractivity contribution is -0.454. The highest BCUT2D eigenvalue weighted by Crippen LogP contribution is 2.37. The fourth-order valence-electron chi connectivity index (χ4n) is 11.7. The average Bonchev–Trinajstić information content (AvgIpc) is 0.784. The molecule has 0 saturated carbocycles. The summed E-state index contributed by atoms with van der Waals surface area (Å²) in [7, 11) is 4.65. The molecule has 20 atom stereocenters. The van der Waals surface area contributed by atoms with Gasteiger partial charge in [-0.1, -0.05) is 132 Å². The maximum atomic E-state index is 13.8. The van der Waals surface area contributed by atoms with Crippen LogP contribution in [-0.2, 0) is 170 Å². The number of rotatable bonds is 39. The summed E-state index contributed by atoms with van der Waals surface area (Å²) in [5, 5.41) is 13.2. The van der Waals surface area contributed by atoms with Gasteiger partial charge in [0.05, 0.1) is 40.6 Å². The summed E-state index contributed by atoms with van der Waals surface area (Å²) in [5.74, 6) is -6.66. The van der Waals surface area contributed by atoms with Crippen molar-refractivity contribution in [2.75, 3.05) is 68.0 Å². The van der Waals surface area contributed by atoms with E-state index in [1.54, 1.807) is 121 Å². The molecule has 4 aliphatic heterocycles. The maximum absolute atomic E-state index is 13.8. The second-order valence-electron chi connectivity index (χ2n) is 24.2. The SMILES string of the molecule is COC(=O)[C@@H]1O[C@@H](OC)[C@H](OC(C)=O)[C@@H](OCc2ccccc2)[C@@H]1OO[C@H]1O[C@H](COC(C)=O)[C@@H](OCC(=O)NCCNC(=O)CO[C@H]2[C@H](OCc3ccccc3)[C@@H](N=[N+]=[N-])[C@@H](OO[C@H]3[C@H](OCc4ccccc4)[C@@H](OC(C)=O)[C@H](OC)O[C@H]3C(=O)OC)O[C@@H]2COC(C)=O)[C@H](OCc2ccccc2)[C@H]1N=[N+]=[N-]. The molecule has 4 aromatic carbocycles. The monoisotopic (exact) mass is 1520 g/mol. The van der Waals surface area contributed by atoms with E-state index < -0.39 is 197 Å². The van der Waals surface area contributed by atoms with Crippen molar-refractivity contribution >= 4 is 47.6 Å². The Bertz CT molecular complexity index is 3390. The van der Waals surface area contributed by atoms with E-state index in [-0.39, 0.29) is 39.5 Å². The molecule has 4 saturated heterocycles. The van der Waals surface area contributed by atoms with Gasteiger partial charge < -0.3 is 95.9 Å². The number of nitrogens with one attached hydrogen (secondary N) is 2. The Kier molecular flexibility index (Phi) is 34.0. The first-order valence-electron chi connectivity index (χ1n) is 33.8. The number of benzene rings is 4. The zero-order valence-corrected chi connectivity index (χ0v) is 60.1. The molecule has 4 fully saturated rings. The van der Waals surface area contributed by atoms with Gasteiger partial charge in [0.1, 0.15) is 87.3 Å². The second-order valence-corrected chi connectivity index (χ2v) is 24.2. The van der Waals surface area contributed by atoms with E-state index >= 15 is 0 Å². The highest BCUT2D eigenvalue weighted by Gasteiger charge is 2.58. The van der Waals surface area contributed by atoms with Gasteiger partial charge in [-0.2, -0.15) is 0 Å². The van der Waals surface area contributed by atoms with E-state index in [0.29, 0.717) is 22.3 Å². The van der Waals surface area contributed by atoms with Crippen molar-refractivity contribution in [1.29, 1.82) is 0 Å². The minimum Gasteiger partial charge on any atom is -0.467 e. The van der Waals surface area contributed by atoms with E-state index in [1.807, 2.05) is 0 Å². The molecule has 2 N–H and O–H groups in total. The summed E-state index contributed by atoms with van der Waals surface area (Å²) in [6, 6.07) is 31.9. The zero-order chi connectivity index (χ0) is 77.5. The van der Waals surface area contributed by atoms with Crippen LogP contribution in [-0.4, -0.2) is 238 Å². The normalized spacial score (nSPS) is 28.0. The number of carbonyl (C=O) groups is 8. The fourth-order valence-corrected chi connectivity index (χ4v) is 11.7. The van der Waals surface area contributed by atoms with Crippen LogP contribution in [0.2, 0.25) is 0 Å². The molecule has 0 aliphatic carbocycles. The molecular formula is C70H86N8O30. The third kappa shape index (κ3) is 24.6. The van der Waals surface area contributed by atoms with Crippen LogP contribution in [0.1, 0.15) is 49.9 Å². The molecule has 586 valence electrons. The first-order chi connectivity index (χ1) is 52.3. The molecule has 38 nitrogen and oxygen atoms in total. The van der Waals surface area contributed by atoms with Gasteiger partial charge in [-0.05, 0) is 33.3 Å². The van der Waals surface area contributed by atoms with Crippen molar-refractivity contribution in [1.82, 2.24) is 10.6 Å². The van der Waals surface area contributed by atoms with Gasteiger partial charge in [0, 0.05) is 64.8 Å². The van der Waals surface area contributed by atoms with Crippen molar-refractivity contribution in [2.45, 2.75) is 177 Å². The minimum atomic E-state index is -1.82. The Morgan fingerprint density at radius 3 is 1.00 bits per heavy atom. The van der Waals surface area contributed by atoms with Gasteiger partial charge in [0.2, 0.25) is 24.4 Å². The predicted octanol–water partition coefficient (Wildman–Crippen LogP) is 3.85. The maximum Gasteiger partial charge on any atom is 0.338 e. The van der Waals surface area contributed by atoms with Crippen LogP contribution in [0, 0.1) is 0 Å². The first-order valence-corrected chi connectivity index (χ1v) is 33.8. The molecule has 0 radical (unpaired) electrons. The summed E-state index contributed by atoms with van der Waals surface area (Å²) in [4.78, 5) is 135. The highest BCUT2D eigenvalue weighted by molar-refractivity contribution is 5.79. The zero-order valence-electron chi connectivity index (χ0n) is 60.1. The number of methoxy groups -OCH3 is 4. The van der Waals surface area contributed by atoms with Gasteiger partial charge in [-0.25, -0.2) is 29.1 Å². The van der Waals surface area contributed by atoms with E-state index in [9.17, 15) is 49.4 Å². The minimum absolute atomic E-state index is 0.131. The van der Waals surface area contributed by atoms with E-state index in [2.05, 4.69) is 30.7 Å². The summed E-state index contributed by atoms with van der Waals surface area (Å²) < 4.78 is 106. The van der Waals surface area contributed by atoms with Gasteiger partial charge in [0.15, 0.2) is 49.2 Å². The average molecular weight is 1520 g/mol. The lowest BCUT2D eigenvalue weighted by Crippen LogP contribution is -2.64. The van der Waals surface area contributed by atoms with Crippen LogP contribution in [0.25, 0.3) is 20.9 Å². The Hall–Kier alpha value is -9.38. The topological polar surface area (TPSA) is 461 Å². The van der Waals surface area contributed by atoms with Gasteiger partial charge >= 0.3 is 35.8 Å². The third-order valence-electron chi connectivity index (χ3n) is 16.7. The summed E-state index contributed by atoms with van der Waals surface area (Å²) in [6.45, 7) is 0.726. The smallest absolute Gasteiger partial charge is 0.338 e.